The van der Waals surface area contributed by atoms with Gasteiger partial charge in [-0.2, -0.15) is 0 Å². The second kappa shape index (κ2) is 3.85. The van der Waals surface area contributed by atoms with Crippen molar-refractivity contribution in [1.82, 2.24) is 9.55 Å². The minimum Gasteiger partial charge on any atom is -0.385 e. The molecule has 0 aliphatic heterocycles. The van der Waals surface area contributed by atoms with Crippen molar-refractivity contribution in [2.75, 3.05) is 5.73 Å². The topological polar surface area (TPSA) is 80.9 Å². The predicted molar refractivity (Wildman–Crippen MR) is 57.0 cm³/mol. The summed E-state index contributed by atoms with van der Waals surface area (Å²) in [6.45, 7) is 0. The number of halogens is 2. The van der Waals surface area contributed by atoms with Crippen LogP contribution in [0.1, 0.15) is 0 Å². The van der Waals surface area contributed by atoms with Gasteiger partial charge >= 0.3 is 5.69 Å². The van der Waals surface area contributed by atoms with E-state index < -0.39 is 22.9 Å². The average molecular weight is 239 g/mol. The van der Waals surface area contributed by atoms with E-state index in [-0.39, 0.29) is 11.5 Å². The Morgan fingerprint density at radius 1 is 1.18 bits per heavy atom. The van der Waals surface area contributed by atoms with Gasteiger partial charge in [0.2, 0.25) is 0 Å². The Kier molecular flexibility index (Phi) is 2.51. The number of H-pyrrole nitrogens is 1. The van der Waals surface area contributed by atoms with Crippen molar-refractivity contribution in [3.05, 3.63) is 56.7 Å². The lowest BCUT2D eigenvalue weighted by atomic mass is 10.3. The van der Waals surface area contributed by atoms with Crippen molar-refractivity contribution in [2.45, 2.75) is 0 Å². The summed E-state index contributed by atoms with van der Waals surface area (Å²) in [6, 6.07) is 3.59. The van der Waals surface area contributed by atoms with Crippen LogP contribution in [0.5, 0.6) is 0 Å². The van der Waals surface area contributed by atoms with Gasteiger partial charge in [0.15, 0.2) is 0 Å². The van der Waals surface area contributed by atoms with Crippen LogP contribution in [0.3, 0.4) is 0 Å². The molecule has 0 bridgehead atoms. The van der Waals surface area contributed by atoms with E-state index in [2.05, 4.69) is 0 Å². The van der Waals surface area contributed by atoms with Crippen molar-refractivity contribution in [3.8, 4) is 5.69 Å². The first-order valence-electron chi connectivity index (χ1n) is 4.56. The Hall–Kier alpha value is -2.44. The Bertz CT molecular complexity index is 691. The zero-order valence-electron chi connectivity index (χ0n) is 8.41. The van der Waals surface area contributed by atoms with Gasteiger partial charge in [0, 0.05) is 12.1 Å². The van der Waals surface area contributed by atoms with Crippen molar-refractivity contribution in [1.29, 1.82) is 0 Å². The Labute approximate surface area is 93.1 Å². The van der Waals surface area contributed by atoms with Gasteiger partial charge in [0.25, 0.3) is 5.56 Å². The molecule has 0 amide bonds. The fourth-order valence-electron chi connectivity index (χ4n) is 1.42. The lowest BCUT2D eigenvalue weighted by molar-refractivity contribution is 0.576. The molecule has 2 aromatic rings. The van der Waals surface area contributed by atoms with Gasteiger partial charge < -0.3 is 5.73 Å². The maximum absolute atomic E-state index is 13.4. The summed E-state index contributed by atoms with van der Waals surface area (Å²) >= 11 is 0. The molecule has 0 unspecified atom stereocenters. The third-order valence-electron chi connectivity index (χ3n) is 2.12. The predicted octanol–water partition coefficient (Wildman–Crippen LogP) is 0.386. The van der Waals surface area contributed by atoms with Crippen LogP contribution in [0.2, 0.25) is 0 Å². The van der Waals surface area contributed by atoms with Crippen LogP contribution < -0.4 is 17.0 Å². The van der Waals surface area contributed by atoms with Crippen molar-refractivity contribution >= 4 is 5.82 Å². The standard InChI is InChI=1S/C10H7F2N3O2/c11-5-1-2-7(6(12)3-5)15-8(13)4-9(16)14-10(15)17/h1-4H,13H2,(H,14,16,17). The fraction of sp³-hybridized carbons (Fsp3) is 0. The van der Waals surface area contributed by atoms with Crippen molar-refractivity contribution in [3.63, 3.8) is 0 Å². The molecule has 88 valence electrons. The molecule has 0 radical (unpaired) electrons. The number of nitrogens with one attached hydrogen (secondary N) is 1. The highest BCUT2D eigenvalue weighted by molar-refractivity contribution is 5.42. The van der Waals surface area contributed by atoms with Crippen LogP contribution in [-0.4, -0.2) is 9.55 Å². The minimum absolute atomic E-state index is 0.231. The molecule has 17 heavy (non-hydrogen) atoms. The third kappa shape index (κ3) is 1.94. The van der Waals surface area contributed by atoms with Gasteiger partial charge in [0.05, 0.1) is 5.69 Å². The average Bonchev–Trinajstić information content (AvgIpc) is 2.19. The molecule has 7 heteroatoms. The summed E-state index contributed by atoms with van der Waals surface area (Å²) < 4.78 is 26.9. The van der Waals surface area contributed by atoms with E-state index in [1.807, 2.05) is 4.98 Å². The van der Waals surface area contributed by atoms with Gasteiger partial charge in [-0.3, -0.25) is 9.78 Å². The van der Waals surface area contributed by atoms with Crippen molar-refractivity contribution in [2.24, 2.45) is 0 Å². The molecule has 1 aromatic carbocycles. The van der Waals surface area contributed by atoms with E-state index in [0.29, 0.717) is 6.07 Å². The van der Waals surface area contributed by atoms with Gasteiger partial charge in [-0.1, -0.05) is 0 Å². The van der Waals surface area contributed by atoms with Gasteiger partial charge in [-0.25, -0.2) is 18.1 Å². The molecular formula is C10H7F2N3O2. The summed E-state index contributed by atoms with van der Waals surface area (Å²) in [6.07, 6.45) is 0. The monoisotopic (exact) mass is 239 g/mol. The second-order valence-electron chi connectivity index (χ2n) is 3.29. The lowest BCUT2D eigenvalue weighted by Gasteiger charge is -2.08. The fourth-order valence-corrected chi connectivity index (χ4v) is 1.42. The molecule has 0 saturated heterocycles. The summed E-state index contributed by atoms with van der Waals surface area (Å²) in [5.41, 5.74) is 3.64. The SMILES string of the molecule is Nc1cc(=O)[nH]c(=O)n1-c1ccc(F)cc1F. The molecule has 0 atom stereocenters. The van der Waals surface area contributed by atoms with Crippen LogP contribution in [-0.2, 0) is 0 Å². The number of anilines is 1. The Morgan fingerprint density at radius 2 is 1.88 bits per heavy atom. The number of nitrogen functional groups attached to an aromatic ring is 1. The van der Waals surface area contributed by atoms with E-state index in [9.17, 15) is 18.4 Å². The highest BCUT2D eigenvalue weighted by Crippen LogP contribution is 2.14. The zero-order chi connectivity index (χ0) is 12.6. The number of aromatic amines is 1. The largest absolute Gasteiger partial charge is 0.385 e. The van der Waals surface area contributed by atoms with Gasteiger partial charge in [-0.15, -0.1) is 0 Å². The minimum atomic E-state index is -0.953. The number of benzene rings is 1. The van der Waals surface area contributed by atoms with Gasteiger partial charge in [0.1, 0.15) is 17.5 Å². The molecule has 0 spiro atoms. The number of hydrogen-bond acceptors (Lipinski definition) is 3. The van der Waals surface area contributed by atoms with E-state index >= 15 is 0 Å². The molecule has 3 N–H and O–H groups in total. The number of nitrogens with two attached hydrogens (primary N) is 1. The maximum atomic E-state index is 13.4. The number of rotatable bonds is 1. The lowest BCUT2D eigenvalue weighted by Crippen LogP contribution is -2.30. The van der Waals surface area contributed by atoms with Crippen LogP contribution in [0.15, 0.2) is 33.9 Å². The maximum Gasteiger partial charge on any atom is 0.334 e. The first-order valence-corrected chi connectivity index (χ1v) is 4.56. The summed E-state index contributed by atoms with van der Waals surface area (Å²) in [4.78, 5) is 24.3. The molecule has 1 heterocycles. The van der Waals surface area contributed by atoms with E-state index in [0.717, 1.165) is 22.8 Å². The van der Waals surface area contributed by atoms with Crippen LogP contribution in [0, 0.1) is 11.6 Å². The highest BCUT2D eigenvalue weighted by Gasteiger charge is 2.11. The number of hydrogen-bond donors (Lipinski definition) is 2. The Morgan fingerprint density at radius 3 is 2.47 bits per heavy atom. The summed E-state index contributed by atoms with van der Waals surface area (Å²) in [5.74, 6) is -1.96. The smallest absolute Gasteiger partial charge is 0.334 e. The van der Waals surface area contributed by atoms with E-state index in [1.165, 1.54) is 0 Å². The van der Waals surface area contributed by atoms with Crippen LogP contribution in [0.25, 0.3) is 5.69 Å². The van der Waals surface area contributed by atoms with E-state index in [4.69, 9.17) is 5.73 Å². The first-order chi connectivity index (χ1) is 7.99. The molecule has 2 rings (SSSR count). The van der Waals surface area contributed by atoms with E-state index in [1.54, 1.807) is 0 Å². The summed E-state index contributed by atoms with van der Waals surface area (Å²) in [5, 5.41) is 0. The first kappa shape index (κ1) is 11.1. The molecule has 0 aliphatic carbocycles. The molecule has 0 fully saturated rings. The molecule has 5 nitrogen and oxygen atoms in total. The summed E-state index contributed by atoms with van der Waals surface area (Å²) in [7, 11) is 0. The molecule has 0 saturated carbocycles. The second-order valence-corrected chi connectivity index (χ2v) is 3.29. The molecule has 0 aliphatic rings. The molecular weight excluding hydrogens is 232 g/mol. The normalized spacial score (nSPS) is 10.5. The quantitative estimate of drug-likeness (QED) is 0.755. The van der Waals surface area contributed by atoms with Crippen molar-refractivity contribution < 1.29 is 8.78 Å². The third-order valence-corrected chi connectivity index (χ3v) is 2.12. The number of nitrogens with zero attached hydrogens (tertiary/aromatic N) is 1. The van der Waals surface area contributed by atoms with Crippen LogP contribution in [0.4, 0.5) is 14.6 Å². The zero-order valence-corrected chi connectivity index (χ0v) is 8.41. The Balaban J connectivity index is 2.77. The number of aromatic nitrogens is 2. The van der Waals surface area contributed by atoms with Crippen LogP contribution >= 0.6 is 0 Å². The molecule has 1 aromatic heterocycles. The van der Waals surface area contributed by atoms with Gasteiger partial charge in [-0.05, 0) is 12.1 Å². The highest BCUT2D eigenvalue weighted by atomic mass is 19.1.